The maximum Gasteiger partial charge on any atom is -0.172 e. The summed E-state index contributed by atoms with van der Waals surface area (Å²) in [5.74, 6) is 0. The van der Waals surface area contributed by atoms with E-state index < -0.39 is 7.59 Å². The van der Waals surface area contributed by atoms with Crippen molar-refractivity contribution in [2.24, 2.45) is 0 Å². The molecular formula is C43H42Cl8Zr-2. The summed E-state index contributed by atoms with van der Waals surface area (Å²) in [6.07, 6.45) is 1.03. The summed E-state index contributed by atoms with van der Waals surface area (Å²) < 4.78 is -1.66. The van der Waals surface area contributed by atoms with Crippen LogP contribution >= 0.6 is 69.6 Å². The summed E-state index contributed by atoms with van der Waals surface area (Å²) in [5.41, 5.74) is 15.0. The Kier molecular flexibility index (Phi) is 17.3. The molecule has 0 nitrogen and oxygen atoms in total. The Labute approximate surface area is 368 Å². The van der Waals surface area contributed by atoms with E-state index in [1.807, 2.05) is 78.9 Å². The molecule has 0 atom stereocenters. The van der Waals surface area contributed by atoms with Crippen molar-refractivity contribution in [3.8, 4) is 11.1 Å². The average molecular weight is 934 g/mol. The fraction of sp³-hybridized carbons (Fsp3) is 0.302. The molecule has 0 heterocycles. The van der Waals surface area contributed by atoms with Gasteiger partial charge < -0.3 is 24.8 Å². The number of aryl methyl sites for hydroxylation is 2. The third kappa shape index (κ3) is 12.4. The maximum absolute atomic E-state index is 5.86. The Hall–Kier alpha value is -0.697. The standard InChI is InChI=1S/C23H29.C15H8Cl6.C5H5.2ClH.Zr/c1-14-9-16-11-17-10-15(2)21(23(6,7)8)13-19(17)18(16)12-20(14)22(3,4)5;16-14(17,18)12-5-1-10(2-6-12)9-11-3-7-13(8-4-11)15(19,20)21;1-2-4-5-3-1;;;/h9,12-13H,11H2,1-8H3;1-8H;1-5H;2*1H;/q-1;;-1;;;+2/p-2. The first-order valence-electron chi connectivity index (χ1n) is 16.4. The van der Waals surface area contributed by atoms with Crippen molar-refractivity contribution in [2.75, 3.05) is 0 Å². The molecule has 1 aliphatic rings. The summed E-state index contributed by atoms with van der Waals surface area (Å²) in [6.45, 7) is 18.2. The molecule has 52 heavy (non-hydrogen) atoms. The minimum atomic E-state index is -1.41. The van der Waals surface area contributed by atoms with Gasteiger partial charge in [-0.1, -0.05) is 71.6 Å². The molecule has 0 amide bonds. The number of alkyl halides is 6. The Morgan fingerprint density at radius 1 is 0.635 bits per heavy atom. The first-order chi connectivity index (χ1) is 23.1. The second-order valence-corrected chi connectivity index (χ2v) is 20.5. The zero-order valence-corrected chi connectivity index (χ0v) is 39.0. The van der Waals surface area contributed by atoms with Crippen LogP contribution in [0, 0.1) is 19.9 Å². The van der Waals surface area contributed by atoms with Crippen molar-refractivity contribution < 1.29 is 49.0 Å². The van der Waals surface area contributed by atoms with Gasteiger partial charge in [-0.2, -0.15) is 35.9 Å². The third-order valence-corrected chi connectivity index (χ3v) is 11.4. The van der Waals surface area contributed by atoms with Gasteiger partial charge in [0.25, 0.3) is 0 Å². The molecule has 1 aliphatic carbocycles. The molecule has 0 radical (unpaired) electrons. The smallest absolute Gasteiger partial charge is 0.172 e. The second-order valence-electron chi connectivity index (χ2n) is 14.7. The monoisotopic (exact) mass is 928 g/mol. The fourth-order valence-corrected chi connectivity index (χ4v) is 7.74. The largest absolute Gasteiger partial charge is 1.00 e. The van der Waals surface area contributed by atoms with Gasteiger partial charge in [0.05, 0.1) is 0 Å². The first kappa shape index (κ1) is 47.5. The van der Waals surface area contributed by atoms with Gasteiger partial charge in [-0.15, -0.1) is 16.7 Å². The van der Waals surface area contributed by atoms with Crippen LogP contribution in [0.5, 0.6) is 0 Å². The Bertz CT molecular complexity index is 1770. The predicted molar refractivity (Wildman–Crippen MR) is 217 cm³/mol. The molecule has 0 aromatic heterocycles. The Balaban J connectivity index is 0.000000307. The van der Waals surface area contributed by atoms with Crippen LogP contribution in [0.15, 0.2) is 97.1 Å². The van der Waals surface area contributed by atoms with Crippen LogP contribution in [0.3, 0.4) is 0 Å². The quantitative estimate of drug-likeness (QED) is 0.122. The molecule has 6 rings (SSSR count). The summed E-state index contributed by atoms with van der Waals surface area (Å²) in [6, 6.07) is 35.9. The molecule has 0 unspecified atom stereocenters. The summed E-state index contributed by atoms with van der Waals surface area (Å²) in [5, 5.41) is 0. The number of hydrogen-bond acceptors (Lipinski definition) is 0. The van der Waals surface area contributed by atoms with Crippen LogP contribution in [0.25, 0.3) is 11.1 Å². The van der Waals surface area contributed by atoms with Gasteiger partial charge in [0.15, 0.2) is 0 Å². The molecule has 0 bridgehead atoms. The normalized spacial score (nSPS) is 12.2. The molecule has 5 aromatic carbocycles. The SMILES string of the molecule is Cc1[c-]c2c(cc1C(C)(C)C)-c1cc(C(C)(C)C)c(C)cc1C2.ClC(Cl)(Cl)c1ccc([C](=[Zr+2])c2ccc(C(Cl)(Cl)Cl)cc2)cc1.[Cl-].[Cl-].c1cc[cH-]c1. The van der Waals surface area contributed by atoms with E-state index in [-0.39, 0.29) is 35.6 Å². The van der Waals surface area contributed by atoms with Crippen molar-refractivity contribution >= 4 is 72.8 Å². The van der Waals surface area contributed by atoms with Crippen LogP contribution < -0.4 is 24.8 Å². The van der Waals surface area contributed by atoms with Crippen LogP contribution in [0.1, 0.15) is 97.2 Å². The van der Waals surface area contributed by atoms with E-state index in [0.717, 1.165) is 17.5 Å². The zero-order valence-electron chi connectivity index (χ0n) is 30.5. The molecule has 0 aliphatic heterocycles. The van der Waals surface area contributed by atoms with E-state index in [4.69, 9.17) is 69.6 Å². The van der Waals surface area contributed by atoms with Crippen LogP contribution in [0.2, 0.25) is 0 Å². The van der Waals surface area contributed by atoms with Crippen molar-refractivity contribution in [3.63, 3.8) is 0 Å². The summed E-state index contributed by atoms with van der Waals surface area (Å²) in [7, 11) is 0. The molecule has 0 saturated heterocycles. The van der Waals surface area contributed by atoms with Crippen molar-refractivity contribution in [1.82, 2.24) is 0 Å². The van der Waals surface area contributed by atoms with E-state index in [0.29, 0.717) is 11.1 Å². The molecule has 0 spiro atoms. The predicted octanol–water partition coefficient (Wildman–Crippen LogP) is 8.14. The number of benzene rings is 4. The van der Waals surface area contributed by atoms with Crippen LogP contribution in [0.4, 0.5) is 0 Å². The van der Waals surface area contributed by atoms with Gasteiger partial charge in [-0.3, -0.25) is 0 Å². The first-order valence-corrected chi connectivity index (χ1v) is 19.9. The summed E-state index contributed by atoms with van der Waals surface area (Å²) in [4.78, 5) is 0. The number of rotatable bonds is 2. The average Bonchev–Trinajstić information content (AvgIpc) is 3.70. The molecule has 9 heteroatoms. The Morgan fingerprint density at radius 3 is 1.42 bits per heavy atom. The van der Waals surface area contributed by atoms with Gasteiger partial charge in [0, 0.05) is 0 Å². The zero-order chi connectivity index (χ0) is 37.2. The second kappa shape index (κ2) is 19.0. The molecular weight excluding hydrogens is 891 g/mol. The molecule has 0 N–H and O–H groups in total. The number of hydrogen-bond donors (Lipinski definition) is 0. The van der Waals surface area contributed by atoms with Crippen molar-refractivity contribution in [1.29, 1.82) is 0 Å². The van der Waals surface area contributed by atoms with E-state index in [1.165, 1.54) is 71.9 Å². The van der Waals surface area contributed by atoms with Crippen LogP contribution in [-0.4, -0.2) is 3.21 Å². The molecule has 5 aromatic rings. The van der Waals surface area contributed by atoms with E-state index in [1.54, 1.807) is 0 Å². The third-order valence-electron chi connectivity index (χ3n) is 8.64. The van der Waals surface area contributed by atoms with Gasteiger partial charge >= 0.3 is 175 Å². The molecule has 0 saturated carbocycles. The minimum absolute atomic E-state index is 0. The van der Waals surface area contributed by atoms with Crippen LogP contribution in [-0.2, 0) is 49.1 Å². The number of fused-ring (bicyclic) bond motifs is 3. The topological polar surface area (TPSA) is 0 Å². The van der Waals surface area contributed by atoms with E-state index in [9.17, 15) is 0 Å². The van der Waals surface area contributed by atoms with Gasteiger partial charge in [0.2, 0.25) is 0 Å². The van der Waals surface area contributed by atoms with Crippen molar-refractivity contribution in [2.45, 2.75) is 80.2 Å². The fourth-order valence-electron chi connectivity index (χ4n) is 6.16. The van der Waals surface area contributed by atoms with Crippen molar-refractivity contribution in [3.05, 3.63) is 159 Å². The Morgan fingerprint density at radius 2 is 1.06 bits per heavy atom. The molecule has 276 valence electrons. The van der Waals surface area contributed by atoms with E-state index >= 15 is 0 Å². The molecule has 0 fully saturated rings. The van der Waals surface area contributed by atoms with E-state index in [2.05, 4.69) is 79.7 Å². The van der Waals surface area contributed by atoms with Gasteiger partial charge in [-0.25, -0.2) is 12.1 Å². The number of halogens is 8. The van der Waals surface area contributed by atoms with Gasteiger partial charge in [0.1, 0.15) is 0 Å². The minimum Gasteiger partial charge on any atom is -1.00 e. The summed E-state index contributed by atoms with van der Waals surface area (Å²) >= 11 is 36.4. The maximum atomic E-state index is 5.86. The van der Waals surface area contributed by atoms with Gasteiger partial charge in [-0.05, 0) is 35.4 Å².